The fraction of sp³-hybridized carbons (Fsp3) is 0.750. The van der Waals surface area contributed by atoms with E-state index in [1.54, 1.807) is 16.4 Å². The molecule has 0 unspecified atom stereocenters. The molecule has 0 saturated heterocycles. The number of fused-ring (bicyclic) bond motifs is 1. The van der Waals surface area contributed by atoms with Crippen LogP contribution in [-0.4, -0.2) is 60.9 Å². The van der Waals surface area contributed by atoms with Gasteiger partial charge in [-0.05, 0) is 25.7 Å². The van der Waals surface area contributed by atoms with Crippen molar-refractivity contribution < 1.29 is 9.94 Å². The maximum Gasteiger partial charge on any atom is 0.158 e. The molecule has 0 radical (unpaired) electrons. The fourth-order valence-corrected chi connectivity index (χ4v) is 4.05. The van der Waals surface area contributed by atoms with Crippen molar-refractivity contribution in [1.82, 2.24) is 15.4 Å². The third-order valence-corrected chi connectivity index (χ3v) is 5.27. The summed E-state index contributed by atoms with van der Waals surface area (Å²) in [4.78, 5) is 16.4. The van der Waals surface area contributed by atoms with Gasteiger partial charge in [-0.25, -0.2) is 4.98 Å². The number of hydrogen-bond acceptors (Lipinski definition) is 7. The topological polar surface area (TPSA) is 96.0 Å². The van der Waals surface area contributed by atoms with Crippen molar-refractivity contribution in [3.05, 3.63) is 15.6 Å². The van der Waals surface area contributed by atoms with Crippen LogP contribution in [0.4, 0.5) is 0 Å². The Bertz CT molecular complexity index is 515. The van der Waals surface area contributed by atoms with Gasteiger partial charge in [-0.15, -0.1) is 11.3 Å². The summed E-state index contributed by atoms with van der Waals surface area (Å²) in [5.74, 6) is 0.608. The molecule has 0 atom stereocenters. The van der Waals surface area contributed by atoms with Gasteiger partial charge in [0.25, 0.3) is 0 Å². The molecule has 1 aromatic rings. The van der Waals surface area contributed by atoms with E-state index in [9.17, 15) is 0 Å². The predicted octanol–water partition coefficient (Wildman–Crippen LogP) is 0.907. The van der Waals surface area contributed by atoms with E-state index in [2.05, 4.69) is 10.3 Å². The first kappa shape index (κ1) is 19.3. The molecule has 1 aliphatic carbocycles. The maximum atomic E-state index is 7.00. The molecule has 3 rings (SSSR count). The lowest BCUT2D eigenvalue weighted by atomic mass is 9.93. The van der Waals surface area contributed by atoms with Crippen LogP contribution in [0, 0.1) is 0 Å². The van der Waals surface area contributed by atoms with E-state index < -0.39 is 0 Å². The minimum absolute atomic E-state index is 0.307. The van der Waals surface area contributed by atoms with Crippen molar-refractivity contribution in [2.75, 3.05) is 27.7 Å². The second kappa shape index (κ2) is 9.43. The second-order valence-electron chi connectivity index (χ2n) is 6.18. The lowest BCUT2D eigenvalue weighted by molar-refractivity contribution is -0.173. The molecule has 2 aliphatic rings. The van der Waals surface area contributed by atoms with Crippen LogP contribution < -0.4 is 11.1 Å². The van der Waals surface area contributed by atoms with Gasteiger partial charge < -0.3 is 16.2 Å². The van der Waals surface area contributed by atoms with Gasteiger partial charge in [0.2, 0.25) is 0 Å². The summed E-state index contributed by atoms with van der Waals surface area (Å²) < 4.78 is 0. The van der Waals surface area contributed by atoms with E-state index in [1.165, 1.54) is 10.6 Å². The maximum absolute atomic E-state index is 7.00. The molecule has 1 aliphatic heterocycles. The molecule has 0 amide bonds. The zero-order valence-corrected chi connectivity index (χ0v) is 15.6. The van der Waals surface area contributed by atoms with Crippen LogP contribution in [0.1, 0.15) is 41.3 Å². The molecule has 24 heavy (non-hydrogen) atoms. The smallest absolute Gasteiger partial charge is 0.158 e. The van der Waals surface area contributed by atoms with Crippen LogP contribution in [0.3, 0.4) is 0 Å². The summed E-state index contributed by atoms with van der Waals surface area (Å²) in [7, 11) is 4.86. The van der Waals surface area contributed by atoms with Crippen molar-refractivity contribution >= 4 is 17.2 Å². The zero-order valence-electron chi connectivity index (χ0n) is 14.8. The van der Waals surface area contributed by atoms with Gasteiger partial charge >= 0.3 is 0 Å². The number of thiazole rings is 1. The predicted molar refractivity (Wildman–Crippen MR) is 97.2 cm³/mol. The highest BCUT2D eigenvalue weighted by molar-refractivity contribution is 7.13. The van der Waals surface area contributed by atoms with Crippen LogP contribution >= 0.6 is 11.3 Å². The van der Waals surface area contributed by atoms with E-state index >= 15 is 0 Å². The Kier molecular flexibility index (Phi) is 7.57. The van der Waals surface area contributed by atoms with Gasteiger partial charge in [0.15, 0.2) is 10.8 Å². The fourth-order valence-electron chi connectivity index (χ4n) is 3.06. The van der Waals surface area contributed by atoms with Crippen molar-refractivity contribution in [3.63, 3.8) is 0 Å². The van der Waals surface area contributed by atoms with Crippen molar-refractivity contribution in [1.29, 1.82) is 0 Å². The molecule has 8 heteroatoms. The molecule has 0 bridgehead atoms. The van der Waals surface area contributed by atoms with Gasteiger partial charge in [-0.1, -0.05) is 0 Å². The third-order valence-electron chi connectivity index (χ3n) is 4.15. The Balaban J connectivity index is 0.00000100. The van der Waals surface area contributed by atoms with Crippen LogP contribution in [0.2, 0.25) is 0 Å². The van der Waals surface area contributed by atoms with Gasteiger partial charge in [-0.2, -0.15) is 5.06 Å². The highest BCUT2D eigenvalue weighted by Crippen LogP contribution is 2.25. The van der Waals surface area contributed by atoms with Gasteiger partial charge in [-0.3, -0.25) is 9.83 Å². The Hall–Kier alpha value is -1.06. The van der Waals surface area contributed by atoms with E-state index in [0.717, 1.165) is 57.3 Å². The quantitative estimate of drug-likeness (QED) is 0.422. The minimum Gasteiger partial charge on any atom is -0.400 e. The number of aliphatic hydroxyl groups is 1. The van der Waals surface area contributed by atoms with E-state index in [0.29, 0.717) is 18.0 Å². The van der Waals surface area contributed by atoms with Gasteiger partial charge in [0.1, 0.15) is 0 Å². The van der Waals surface area contributed by atoms with Crippen LogP contribution in [0.15, 0.2) is 4.99 Å². The largest absolute Gasteiger partial charge is 0.400 e. The van der Waals surface area contributed by atoms with Crippen LogP contribution in [0.5, 0.6) is 0 Å². The van der Waals surface area contributed by atoms with Crippen LogP contribution in [-0.2, 0) is 17.8 Å². The number of rotatable bonds is 4. The Morgan fingerprint density at radius 1 is 1.33 bits per heavy atom. The number of hydrogen-bond donors (Lipinski definition) is 3. The van der Waals surface area contributed by atoms with E-state index in [1.807, 2.05) is 14.1 Å². The number of nitrogens with one attached hydrogen (secondary N) is 1. The Morgan fingerprint density at radius 3 is 2.67 bits per heavy atom. The molecule has 2 heterocycles. The van der Waals surface area contributed by atoms with E-state index in [4.69, 9.17) is 20.7 Å². The number of amidine groups is 1. The third kappa shape index (κ3) is 5.22. The standard InChI is InChI=1S/C15H25N5OS.CH4O/c1-20(2)21-11-5-3-10(4-6-11)18-14(16)15-19-12-7-8-17-9-13(12)22-15;1-2/h10-11,17H,3-9H2,1-2H3,(H2,16,18);2H,1H3. The van der Waals surface area contributed by atoms with Crippen molar-refractivity contribution in [3.8, 4) is 0 Å². The first-order valence-corrected chi connectivity index (χ1v) is 9.25. The zero-order chi connectivity index (χ0) is 17.5. The Morgan fingerprint density at radius 2 is 2.04 bits per heavy atom. The highest BCUT2D eigenvalue weighted by Gasteiger charge is 2.23. The Labute approximate surface area is 147 Å². The number of aliphatic imine (C=N–C) groups is 1. The monoisotopic (exact) mass is 355 g/mol. The second-order valence-corrected chi connectivity index (χ2v) is 7.26. The first-order valence-electron chi connectivity index (χ1n) is 8.43. The van der Waals surface area contributed by atoms with Gasteiger partial charge in [0.05, 0.1) is 17.8 Å². The van der Waals surface area contributed by atoms with Crippen molar-refractivity contribution in [2.45, 2.75) is 50.8 Å². The summed E-state index contributed by atoms with van der Waals surface area (Å²) in [5, 5.41) is 13.0. The summed E-state index contributed by atoms with van der Waals surface area (Å²) >= 11 is 1.68. The number of nitrogens with zero attached hydrogens (tertiary/aromatic N) is 3. The lowest BCUT2D eigenvalue weighted by Gasteiger charge is -2.28. The molecule has 7 nitrogen and oxygen atoms in total. The number of aromatic nitrogens is 1. The highest BCUT2D eigenvalue weighted by atomic mass is 32.1. The lowest BCUT2D eigenvalue weighted by Crippen LogP contribution is -2.30. The normalized spacial score (nSPS) is 24.3. The summed E-state index contributed by atoms with van der Waals surface area (Å²) in [6.45, 7) is 1.91. The molecule has 4 N–H and O–H groups in total. The van der Waals surface area contributed by atoms with Gasteiger partial charge in [0, 0.05) is 45.6 Å². The molecular weight excluding hydrogens is 326 g/mol. The molecule has 136 valence electrons. The molecule has 0 aromatic carbocycles. The average molecular weight is 356 g/mol. The SMILES string of the molecule is CN(C)OC1CCC(N=C(N)c2nc3c(s2)CNCC3)CC1.CO. The molecular formula is C16H29N5O2S. The molecule has 1 aromatic heterocycles. The van der Waals surface area contributed by atoms with E-state index in [-0.39, 0.29) is 0 Å². The summed E-state index contributed by atoms with van der Waals surface area (Å²) in [5.41, 5.74) is 7.39. The number of aliphatic hydroxyl groups excluding tert-OH is 1. The number of hydroxylamine groups is 2. The molecule has 0 spiro atoms. The van der Waals surface area contributed by atoms with Crippen LogP contribution in [0.25, 0.3) is 0 Å². The summed E-state index contributed by atoms with van der Waals surface area (Å²) in [6.07, 6.45) is 5.46. The first-order chi connectivity index (χ1) is 11.6. The van der Waals surface area contributed by atoms with Crippen molar-refractivity contribution in [2.24, 2.45) is 10.7 Å². The molecule has 1 saturated carbocycles. The average Bonchev–Trinajstić information content (AvgIpc) is 3.02. The minimum atomic E-state index is 0.307. The molecule has 1 fully saturated rings. The number of nitrogens with two attached hydrogens (primary N) is 1. The summed E-state index contributed by atoms with van der Waals surface area (Å²) in [6, 6.07) is 0.307.